The van der Waals surface area contributed by atoms with Crippen LogP contribution in [0.2, 0.25) is 0 Å². The molecule has 28 heavy (non-hydrogen) atoms. The van der Waals surface area contributed by atoms with E-state index in [2.05, 4.69) is 22.8 Å². The second kappa shape index (κ2) is 9.25. The van der Waals surface area contributed by atoms with E-state index in [0.29, 0.717) is 23.8 Å². The Morgan fingerprint density at radius 1 is 1.21 bits per heavy atom. The summed E-state index contributed by atoms with van der Waals surface area (Å²) in [4.78, 5) is 16.3. The van der Waals surface area contributed by atoms with Crippen LogP contribution in [0, 0.1) is 11.3 Å². The first kappa shape index (κ1) is 19.7. The topological polar surface area (TPSA) is 65.8 Å². The van der Waals surface area contributed by atoms with Gasteiger partial charge in [0.25, 0.3) is 0 Å². The van der Waals surface area contributed by atoms with Crippen LogP contribution in [0.3, 0.4) is 0 Å². The average molecular weight is 379 g/mol. The monoisotopic (exact) mass is 379 g/mol. The summed E-state index contributed by atoms with van der Waals surface area (Å²) in [5.74, 6) is 0.418. The van der Waals surface area contributed by atoms with Crippen molar-refractivity contribution in [1.29, 1.82) is 5.26 Å². The van der Waals surface area contributed by atoms with Gasteiger partial charge < -0.3 is 14.4 Å². The van der Waals surface area contributed by atoms with Crippen molar-refractivity contribution in [1.82, 2.24) is 4.90 Å². The molecule has 0 spiro atoms. The van der Waals surface area contributed by atoms with E-state index in [1.807, 2.05) is 24.3 Å². The molecule has 0 N–H and O–H groups in total. The fourth-order valence-corrected chi connectivity index (χ4v) is 3.42. The Kier molecular flexibility index (Phi) is 6.51. The average Bonchev–Trinajstić information content (AvgIpc) is 2.74. The second-order valence-electron chi connectivity index (χ2n) is 6.86. The third-order valence-electron chi connectivity index (χ3n) is 5.03. The van der Waals surface area contributed by atoms with Crippen LogP contribution in [-0.2, 0) is 4.74 Å². The van der Waals surface area contributed by atoms with Crippen molar-refractivity contribution < 1.29 is 14.3 Å². The highest BCUT2D eigenvalue weighted by molar-refractivity contribution is 5.89. The third-order valence-corrected chi connectivity index (χ3v) is 5.03. The lowest BCUT2D eigenvalue weighted by atomic mass is 10.1. The van der Waals surface area contributed by atoms with E-state index >= 15 is 0 Å². The lowest BCUT2D eigenvalue weighted by Gasteiger charge is -2.41. The molecule has 0 aliphatic carbocycles. The molecule has 1 fully saturated rings. The maximum absolute atomic E-state index is 11.6. The van der Waals surface area contributed by atoms with Gasteiger partial charge in [-0.15, -0.1) is 0 Å². The Morgan fingerprint density at radius 3 is 2.68 bits per heavy atom. The highest BCUT2D eigenvalue weighted by atomic mass is 16.5. The summed E-state index contributed by atoms with van der Waals surface area (Å²) in [7, 11) is 1.39. The standard InChI is InChI=1S/C22H25N3O3/c1-17-16-25(20-8-6-19(7-9-20)22(26)27-2)11-10-24(17)12-13-28-21-5-3-4-18(14-21)15-23/h3-9,14,17H,10-13,16H2,1-2H3. The maximum atomic E-state index is 11.6. The summed E-state index contributed by atoms with van der Waals surface area (Å²) in [6, 6.07) is 17.3. The van der Waals surface area contributed by atoms with Crippen LogP contribution in [0.25, 0.3) is 0 Å². The smallest absolute Gasteiger partial charge is 0.337 e. The van der Waals surface area contributed by atoms with Crippen LogP contribution in [0.4, 0.5) is 5.69 Å². The molecular formula is C22H25N3O3. The first-order valence-corrected chi connectivity index (χ1v) is 9.41. The predicted octanol–water partition coefficient (Wildman–Crippen LogP) is 2.93. The van der Waals surface area contributed by atoms with Gasteiger partial charge in [-0.2, -0.15) is 5.26 Å². The molecule has 1 aliphatic heterocycles. The van der Waals surface area contributed by atoms with E-state index in [9.17, 15) is 4.79 Å². The Balaban J connectivity index is 1.49. The highest BCUT2D eigenvalue weighted by Gasteiger charge is 2.23. The molecule has 1 aliphatic rings. The molecule has 6 heteroatoms. The molecule has 1 unspecified atom stereocenters. The molecule has 0 radical (unpaired) electrons. The van der Waals surface area contributed by atoms with E-state index in [-0.39, 0.29) is 5.97 Å². The van der Waals surface area contributed by atoms with Gasteiger partial charge in [-0.25, -0.2) is 4.79 Å². The number of nitriles is 1. The van der Waals surface area contributed by atoms with Crippen LogP contribution >= 0.6 is 0 Å². The predicted molar refractivity (Wildman–Crippen MR) is 108 cm³/mol. The van der Waals surface area contributed by atoms with Crippen molar-refractivity contribution in [2.75, 3.05) is 44.8 Å². The molecule has 1 saturated heterocycles. The minimum atomic E-state index is -0.315. The molecule has 3 rings (SSSR count). The molecule has 0 bridgehead atoms. The van der Waals surface area contributed by atoms with Gasteiger partial charge in [-0.3, -0.25) is 4.90 Å². The Hall–Kier alpha value is -3.04. The minimum absolute atomic E-state index is 0.315. The number of benzene rings is 2. The van der Waals surface area contributed by atoms with Gasteiger partial charge in [-0.1, -0.05) is 6.07 Å². The largest absolute Gasteiger partial charge is 0.492 e. The number of esters is 1. The van der Waals surface area contributed by atoms with Crippen LogP contribution in [-0.4, -0.2) is 56.8 Å². The first-order valence-electron chi connectivity index (χ1n) is 9.41. The van der Waals surface area contributed by atoms with Gasteiger partial charge in [0, 0.05) is 37.9 Å². The molecule has 2 aromatic rings. The number of hydrogen-bond acceptors (Lipinski definition) is 6. The van der Waals surface area contributed by atoms with Crippen LogP contribution in [0.15, 0.2) is 48.5 Å². The lowest BCUT2D eigenvalue weighted by Crippen LogP contribution is -2.52. The van der Waals surface area contributed by atoms with Crippen LogP contribution < -0.4 is 9.64 Å². The number of methoxy groups -OCH3 is 1. The number of nitrogens with zero attached hydrogens (tertiary/aromatic N) is 3. The normalized spacial score (nSPS) is 17.0. The summed E-state index contributed by atoms with van der Waals surface area (Å²) < 4.78 is 10.6. The van der Waals surface area contributed by atoms with Gasteiger partial charge in [0.1, 0.15) is 12.4 Å². The van der Waals surface area contributed by atoms with Crippen molar-refractivity contribution in [3.8, 4) is 11.8 Å². The van der Waals surface area contributed by atoms with E-state index in [1.165, 1.54) is 7.11 Å². The quantitative estimate of drug-likeness (QED) is 0.719. The number of ether oxygens (including phenoxy) is 2. The molecule has 1 heterocycles. The van der Waals surface area contributed by atoms with E-state index in [1.54, 1.807) is 24.3 Å². The van der Waals surface area contributed by atoms with Crippen molar-refractivity contribution >= 4 is 11.7 Å². The van der Waals surface area contributed by atoms with E-state index < -0.39 is 0 Å². The van der Waals surface area contributed by atoms with Gasteiger partial charge >= 0.3 is 5.97 Å². The van der Waals surface area contributed by atoms with Gasteiger partial charge in [0.15, 0.2) is 0 Å². The van der Waals surface area contributed by atoms with E-state index in [4.69, 9.17) is 14.7 Å². The minimum Gasteiger partial charge on any atom is -0.492 e. The summed E-state index contributed by atoms with van der Waals surface area (Å²) in [6.07, 6.45) is 0. The Morgan fingerprint density at radius 2 is 2.00 bits per heavy atom. The van der Waals surface area contributed by atoms with Crippen molar-refractivity contribution in [3.05, 3.63) is 59.7 Å². The Bertz CT molecular complexity index is 845. The zero-order chi connectivity index (χ0) is 19.9. The van der Waals surface area contributed by atoms with Gasteiger partial charge in [0.05, 0.1) is 24.3 Å². The number of anilines is 1. The second-order valence-corrected chi connectivity index (χ2v) is 6.86. The van der Waals surface area contributed by atoms with Crippen molar-refractivity contribution in [3.63, 3.8) is 0 Å². The summed E-state index contributed by atoms with van der Waals surface area (Å²) in [5, 5.41) is 8.96. The summed E-state index contributed by atoms with van der Waals surface area (Å²) in [6.45, 7) is 6.43. The molecule has 6 nitrogen and oxygen atoms in total. The molecule has 0 saturated carbocycles. The first-order chi connectivity index (χ1) is 13.6. The number of rotatable bonds is 6. The maximum Gasteiger partial charge on any atom is 0.337 e. The van der Waals surface area contributed by atoms with E-state index in [0.717, 1.165) is 37.6 Å². The number of hydrogen-bond donors (Lipinski definition) is 0. The van der Waals surface area contributed by atoms with Crippen LogP contribution in [0.5, 0.6) is 5.75 Å². The zero-order valence-electron chi connectivity index (χ0n) is 16.3. The molecule has 0 aromatic heterocycles. The van der Waals surface area contributed by atoms with Crippen molar-refractivity contribution in [2.24, 2.45) is 0 Å². The SMILES string of the molecule is COC(=O)c1ccc(N2CCN(CCOc3cccc(C#N)c3)C(C)C2)cc1. The summed E-state index contributed by atoms with van der Waals surface area (Å²) in [5.41, 5.74) is 2.29. The third kappa shape index (κ3) is 4.81. The lowest BCUT2D eigenvalue weighted by molar-refractivity contribution is 0.0600. The van der Waals surface area contributed by atoms with Crippen molar-refractivity contribution in [2.45, 2.75) is 13.0 Å². The number of carbonyl (C=O) groups excluding carboxylic acids is 1. The molecular weight excluding hydrogens is 354 g/mol. The highest BCUT2D eigenvalue weighted by Crippen LogP contribution is 2.20. The summed E-state index contributed by atoms with van der Waals surface area (Å²) >= 11 is 0. The molecule has 0 amide bonds. The number of piperazine rings is 1. The zero-order valence-corrected chi connectivity index (χ0v) is 16.3. The molecule has 2 aromatic carbocycles. The Labute approximate surface area is 165 Å². The fourth-order valence-electron chi connectivity index (χ4n) is 3.42. The van der Waals surface area contributed by atoms with Crippen LogP contribution in [0.1, 0.15) is 22.8 Å². The molecule has 1 atom stereocenters. The number of carbonyl (C=O) groups is 1. The van der Waals surface area contributed by atoms with Gasteiger partial charge in [0.2, 0.25) is 0 Å². The fraction of sp³-hybridized carbons (Fsp3) is 0.364. The molecule has 146 valence electrons. The van der Waals surface area contributed by atoms with Gasteiger partial charge in [-0.05, 0) is 49.4 Å².